The van der Waals surface area contributed by atoms with E-state index in [1.54, 1.807) is 24.4 Å². The van der Waals surface area contributed by atoms with Crippen molar-refractivity contribution < 1.29 is 4.39 Å². The summed E-state index contributed by atoms with van der Waals surface area (Å²) in [6.45, 7) is 0. The maximum Gasteiger partial charge on any atom is 0.126 e. The van der Waals surface area contributed by atoms with Gasteiger partial charge in [0.05, 0.1) is 0 Å². The molecule has 0 aliphatic heterocycles. The Kier molecular flexibility index (Phi) is 3.15. The number of nitrogens with zero attached hydrogens (tertiary/aromatic N) is 1. The van der Waals surface area contributed by atoms with E-state index < -0.39 is 0 Å². The Morgan fingerprint density at radius 3 is 2.69 bits per heavy atom. The van der Waals surface area contributed by atoms with Gasteiger partial charge in [0.2, 0.25) is 0 Å². The summed E-state index contributed by atoms with van der Waals surface area (Å²) in [5, 5.41) is 0. The maximum absolute atomic E-state index is 13.3. The Bertz CT molecular complexity index is 483. The van der Waals surface area contributed by atoms with Crippen LogP contribution in [0.1, 0.15) is 11.3 Å². The number of rotatable bonds is 3. The average Bonchev–Trinajstić information content (AvgIpc) is 2.28. The zero-order valence-corrected chi connectivity index (χ0v) is 8.86. The molecule has 1 aromatic heterocycles. The molecule has 0 spiro atoms. The molecule has 2 nitrogen and oxygen atoms in total. The van der Waals surface area contributed by atoms with E-state index in [9.17, 15) is 4.39 Å². The lowest BCUT2D eigenvalue weighted by Crippen LogP contribution is -1.97. The predicted octanol–water partition coefficient (Wildman–Crippen LogP) is 2.59. The van der Waals surface area contributed by atoms with Crippen LogP contribution in [-0.2, 0) is 12.8 Å². The van der Waals surface area contributed by atoms with Gasteiger partial charge >= 0.3 is 0 Å². The van der Waals surface area contributed by atoms with Gasteiger partial charge in [-0.05, 0) is 36.6 Å². The SMILES string of the molecule is Nc1ccnc(CCc2ccccc2F)c1. The highest BCUT2D eigenvalue weighted by molar-refractivity contribution is 5.37. The molecule has 16 heavy (non-hydrogen) atoms. The van der Waals surface area contributed by atoms with Crippen LogP contribution in [0.5, 0.6) is 0 Å². The molecule has 0 saturated heterocycles. The van der Waals surface area contributed by atoms with Crippen LogP contribution >= 0.6 is 0 Å². The van der Waals surface area contributed by atoms with Crippen molar-refractivity contribution in [3.05, 3.63) is 59.7 Å². The summed E-state index contributed by atoms with van der Waals surface area (Å²) in [7, 11) is 0. The van der Waals surface area contributed by atoms with Crippen molar-refractivity contribution in [2.45, 2.75) is 12.8 Å². The zero-order valence-electron chi connectivity index (χ0n) is 8.86. The van der Waals surface area contributed by atoms with Crippen molar-refractivity contribution >= 4 is 5.69 Å². The normalized spacial score (nSPS) is 10.3. The van der Waals surface area contributed by atoms with Crippen LogP contribution < -0.4 is 5.73 Å². The number of pyridine rings is 1. The Hall–Kier alpha value is -1.90. The van der Waals surface area contributed by atoms with Gasteiger partial charge in [0.1, 0.15) is 5.82 Å². The molecule has 0 aliphatic rings. The van der Waals surface area contributed by atoms with Gasteiger partial charge in [0.15, 0.2) is 0 Å². The lowest BCUT2D eigenvalue weighted by atomic mass is 10.1. The molecule has 0 unspecified atom stereocenters. The third-order valence-electron chi connectivity index (χ3n) is 2.45. The van der Waals surface area contributed by atoms with Crippen LogP contribution in [0.25, 0.3) is 0 Å². The molecule has 0 bridgehead atoms. The van der Waals surface area contributed by atoms with Crippen molar-refractivity contribution in [2.75, 3.05) is 5.73 Å². The van der Waals surface area contributed by atoms with Crippen LogP contribution in [0.3, 0.4) is 0 Å². The topological polar surface area (TPSA) is 38.9 Å². The van der Waals surface area contributed by atoms with Crippen molar-refractivity contribution in [2.24, 2.45) is 0 Å². The fourth-order valence-corrected chi connectivity index (χ4v) is 1.60. The number of nitrogens with two attached hydrogens (primary N) is 1. The summed E-state index contributed by atoms with van der Waals surface area (Å²) in [5.74, 6) is -0.161. The van der Waals surface area contributed by atoms with E-state index in [0.29, 0.717) is 24.1 Å². The number of aryl methyl sites for hydroxylation is 2. The lowest BCUT2D eigenvalue weighted by Gasteiger charge is -2.03. The number of aromatic nitrogens is 1. The Morgan fingerprint density at radius 2 is 1.94 bits per heavy atom. The van der Waals surface area contributed by atoms with Gasteiger partial charge < -0.3 is 5.73 Å². The van der Waals surface area contributed by atoms with E-state index in [0.717, 1.165) is 5.69 Å². The van der Waals surface area contributed by atoms with E-state index in [2.05, 4.69) is 4.98 Å². The first-order chi connectivity index (χ1) is 7.75. The smallest absolute Gasteiger partial charge is 0.126 e. The first-order valence-electron chi connectivity index (χ1n) is 5.19. The van der Waals surface area contributed by atoms with Crippen molar-refractivity contribution in [1.82, 2.24) is 4.98 Å². The van der Waals surface area contributed by atoms with E-state index in [1.807, 2.05) is 12.1 Å². The molecule has 3 heteroatoms. The maximum atomic E-state index is 13.3. The Labute approximate surface area is 93.9 Å². The summed E-state index contributed by atoms with van der Waals surface area (Å²) in [6.07, 6.45) is 3.01. The molecule has 2 rings (SSSR count). The predicted molar refractivity (Wildman–Crippen MR) is 62.5 cm³/mol. The molecule has 2 aromatic rings. The molecule has 1 aromatic carbocycles. The highest BCUT2D eigenvalue weighted by atomic mass is 19.1. The number of halogens is 1. The first-order valence-corrected chi connectivity index (χ1v) is 5.19. The summed E-state index contributed by atoms with van der Waals surface area (Å²) in [6, 6.07) is 10.4. The minimum atomic E-state index is -0.161. The molecule has 0 atom stereocenters. The number of hydrogen-bond acceptors (Lipinski definition) is 2. The van der Waals surface area contributed by atoms with E-state index in [4.69, 9.17) is 5.73 Å². The van der Waals surface area contributed by atoms with Gasteiger partial charge in [-0.3, -0.25) is 4.98 Å². The number of benzene rings is 1. The molecule has 0 amide bonds. The number of nitrogen functional groups attached to an aromatic ring is 1. The Balaban J connectivity index is 2.05. The van der Waals surface area contributed by atoms with Crippen molar-refractivity contribution in [1.29, 1.82) is 0 Å². The molecule has 2 N–H and O–H groups in total. The van der Waals surface area contributed by atoms with Gasteiger partial charge in [-0.25, -0.2) is 4.39 Å². The van der Waals surface area contributed by atoms with Crippen LogP contribution in [0.15, 0.2) is 42.6 Å². The molecule has 0 saturated carbocycles. The molecular formula is C13H13FN2. The lowest BCUT2D eigenvalue weighted by molar-refractivity contribution is 0.608. The number of anilines is 1. The monoisotopic (exact) mass is 216 g/mol. The molecule has 0 aliphatic carbocycles. The van der Waals surface area contributed by atoms with Crippen LogP contribution in [0.4, 0.5) is 10.1 Å². The van der Waals surface area contributed by atoms with Crippen molar-refractivity contribution in [3.63, 3.8) is 0 Å². The Morgan fingerprint density at radius 1 is 1.12 bits per heavy atom. The first kappa shape index (κ1) is 10.6. The largest absolute Gasteiger partial charge is 0.399 e. The second kappa shape index (κ2) is 4.75. The summed E-state index contributed by atoms with van der Waals surface area (Å²) in [5.41, 5.74) is 7.94. The van der Waals surface area contributed by atoms with Crippen LogP contribution in [0.2, 0.25) is 0 Å². The van der Waals surface area contributed by atoms with Gasteiger partial charge in [-0.2, -0.15) is 0 Å². The average molecular weight is 216 g/mol. The molecule has 0 fully saturated rings. The van der Waals surface area contributed by atoms with Crippen LogP contribution in [0, 0.1) is 5.82 Å². The van der Waals surface area contributed by atoms with E-state index in [-0.39, 0.29) is 5.82 Å². The summed E-state index contributed by atoms with van der Waals surface area (Å²) in [4.78, 5) is 4.18. The highest BCUT2D eigenvalue weighted by Crippen LogP contribution is 2.11. The van der Waals surface area contributed by atoms with E-state index in [1.165, 1.54) is 6.07 Å². The van der Waals surface area contributed by atoms with Gasteiger partial charge in [0.25, 0.3) is 0 Å². The third-order valence-corrected chi connectivity index (χ3v) is 2.45. The summed E-state index contributed by atoms with van der Waals surface area (Å²) >= 11 is 0. The zero-order chi connectivity index (χ0) is 11.4. The molecule has 0 radical (unpaired) electrons. The quantitative estimate of drug-likeness (QED) is 0.856. The minimum absolute atomic E-state index is 0.161. The third kappa shape index (κ3) is 2.57. The van der Waals surface area contributed by atoms with Crippen molar-refractivity contribution in [3.8, 4) is 0 Å². The summed E-state index contributed by atoms with van der Waals surface area (Å²) < 4.78 is 13.3. The van der Waals surface area contributed by atoms with Gasteiger partial charge in [0, 0.05) is 17.6 Å². The second-order valence-electron chi connectivity index (χ2n) is 3.67. The fraction of sp³-hybridized carbons (Fsp3) is 0.154. The highest BCUT2D eigenvalue weighted by Gasteiger charge is 2.02. The molecule has 1 heterocycles. The second-order valence-corrected chi connectivity index (χ2v) is 3.67. The fourth-order valence-electron chi connectivity index (χ4n) is 1.60. The molecule has 82 valence electrons. The van der Waals surface area contributed by atoms with Gasteiger partial charge in [-0.15, -0.1) is 0 Å². The number of hydrogen-bond donors (Lipinski definition) is 1. The standard InChI is InChI=1S/C13H13FN2/c14-13-4-2-1-3-10(13)5-6-12-9-11(15)7-8-16-12/h1-4,7-9H,5-6H2,(H2,15,16). The van der Waals surface area contributed by atoms with Crippen LogP contribution in [-0.4, -0.2) is 4.98 Å². The van der Waals surface area contributed by atoms with Gasteiger partial charge in [-0.1, -0.05) is 18.2 Å². The van der Waals surface area contributed by atoms with E-state index >= 15 is 0 Å². The molecular weight excluding hydrogens is 203 g/mol. The minimum Gasteiger partial charge on any atom is -0.399 e.